The van der Waals surface area contributed by atoms with E-state index in [0.29, 0.717) is 24.1 Å². The van der Waals surface area contributed by atoms with Crippen LogP contribution in [0.25, 0.3) is 5.76 Å². The highest BCUT2D eigenvalue weighted by molar-refractivity contribution is 6.00. The minimum absolute atomic E-state index is 0.0821. The number of ketones is 1. The van der Waals surface area contributed by atoms with Gasteiger partial charge in [-0.1, -0.05) is 54.6 Å². The summed E-state index contributed by atoms with van der Waals surface area (Å²) in [5, 5.41) is 24.4. The van der Waals surface area contributed by atoms with Crippen molar-refractivity contribution in [1.82, 2.24) is 5.32 Å². The van der Waals surface area contributed by atoms with Crippen molar-refractivity contribution >= 4 is 23.2 Å². The van der Waals surface area contributed by atoms with Gasteiger partial charge in [-0.15, -0.1) is 0 Å². The Kier molecular flexibility index (Phi) is 10.7. The number of rotatable bonds is 9. The highest BCUT2D eigenvalue weighted by Crippen LogP contribution is 2.24. The number of para-hydroxylation sites is 1. The molecule has 0 bridgehead atoms. The highest BCUT2D eigenvalue weighted by Gasteiger charge is 2.21. The van der Waals surface area contributed by atoms with Crippen molar-refractivity contribution < 1.29 is 29.3 Å². The quantitative estimate of drug-likeness (QED) is 0.225. The molecule has 1 heterocycles. The summed E-state index contributed by atoms with van der Waals surface area (Å²) >= 11 is 0. The molecule has 8 nitrogen and oxygen atoms in total. The lowest BCUT2D eigenvalue weighted by Crippen LogP contribution is -2.33. The van der Waals surface area contributed by atoms with Gasteiger partial charge in [-0.05, 0) is 43.7 Å². The van der Waals surface area contributed by atoms with E-state index in [0.717, 1.165) is 28.3 Å². The maximum absolute atomic E-state index is 12.0. The number of carbonyl (C=O) groups excluding carboxylic acids is 2. The molecule has 8 heteroatoms. The van der Waals surface area contributed by atoms with Gasteiger partial charge >= 0.3 is 5.97 Å². The van der Waals surface area contributed by atoms with Crippen molar-refractivity contribution in [3.05, 3.63) is 113 Å². The van der Waals surface area contributed by atoms with E-state index in [1.807, 2.05) is 43.5 Å². The molecule has 0 aliphatic carbocycles. The Hall–Kier alpha value is -4.56. The van der Waals surface area contributed by atoms with Gasteiger partial charge in [0.05, 0.1) is 12.8 Å². The van der Waals surface area contributed by atoms with Crippen LogP contribution in [0.4, 0.5) is 5.69 Å². The zero-order chi connectivity index (χ0) is 28.2. The number of phenols is 1. The van der Waals surface area contributed by atoms with Crippen LogP contribution in [0.2, 0.25) is 0 Å². The van der Waals surface area contributed by atoms with E-state index in [4.69, 9.17) is 14.6 Å². The van der Waals surface area contributed by atoms with Gasteiger partial charge in [-0.3, -0.25) is 4.79 Å². The number of allylic oxidation sites excluding steroid dienone is 1. The number of aromatic hydroxyl groups is 1. The third-order valence-electron chi connectivity index (χ3n) is 5.98. The van der Waals surface area contributed by atoms with Crippen LogP contribution >= 0.6 is 0 Å². The number of aliphatic hydroxyl groups excluding tert-OH is 1. The minimum atomic E-state index is -0.634. The lowest BCUT2D eigenvalue weighted by Gasteiger charge is -2.20. The number of Topliss-reactive ketones (excluding diaryl/α,β-unsaturated/α-hetero) is 1. The van der Waals surface area contributed by atoms with Crippen molar-refractivity contribution in [2.75, 3.05) is 19.0 Å². The molecule has 39 heavy (non-hydrogen) atoms. The van der Waals surface area contributed by atoms with Crippen LogP contribution in [-0.4, -0.2) is 41.7 Å². The maximum atomic E-state index is 12.0. The van der Waals surface area contributed by atoms with Crippen molar-refractivity contribution in [3.8, 4) is 5.75 Å². The molecule has 4 rings (SSSR count). The average Bonchev–Trinajstić information content (AvgIpc) is 2.95. The Labute approximate surface area is 228 Å². The predicted octanol–water partition coefficient (Wildman–Crippen LogP) is 5.01. The normalized spacial score (nSPS) is 13.1. The first-order valence-electron chi connectivity index (χ1n) is 12.5. The Morgan fingerprint density at radius 2 is 1.67 bits per heavy atom. The molecule has 1 atom stereocenters. The summed E-state index contributed by atoms with van der Waals surface area (Å²) in [5.41, 5.74) is 3.95. The van der Waals surface area contributed by atoms with E-state index in [2.05, 4.69) is 10.6 Å². The Morgan fingerprint density at radius 1 is 1.00 bits per heavy atom. The van der Waals surface area contributed by atoms with E-state index in [9.17, 15) is 14.7 Å². The Morgan fingerprint density at radius 3 is 2.28 bits per heavy atom. The molecule has 0 radical (unpaired) electrons. The van der Waals surface area contributed by atoms with Gasteiger partial charge in [0.25, 0.3) is 0 Å². The number of aliphatic hydroxyl groups is 1. The minimum Gasteiger partial charge on any atom is -0.508 e. The van der Waals surface area contributed by atoms with E-state index in [-0.39, 0.29) is 18.1 Å². The lowest BCUT2D eigenvalue weighted by atomic mass is 10.0. The van der Waals surface area contributed by atoms with Crippen LogP contribution in [0, 0.1) is 0 Å². The lowest BCUT2D eigenvalue weighted by molar-refractivity contribution is -0.141. The van der Waals surface area contributed by atoms with E-state index in [1.165, 1.54) is 14.0 Å². The molecule has 0 amide bonds. The van der Waals surface area contributed by atoms with Crippen molar-refractivity contribution in [2.45, 2.75) is 32.7 Å². The summed E-state index contributed by atoms with van der Waals surface area (Å²) in [6.45, 7) is 3.50. The molecule has 1 aliphatic rings. The first-order chi connectivity index (χ1) is 18.8. The third-order valence-corrected chi connectivity index (χ3v) is 5.98. The fraction of sp³-hybridized carbons (Fsp3) is 0.226. The summed E-state index contributed by atoms with van der Waals surface area (Å²) in [7, 11) is 1.32. The summed E-state index contributed by atoms with van der Waals surface area (Å²) in [4.78, 5) is 23.7. The fourth-order valence-electron chi connectivity index (χ4n) is 3.92. The maximum Gasteiger partial charge on any atom is 0.328 e. The van der Waals surface area contributed by atoms with E-state index >= 15 is 0 Å². The van der Waals surface area contributed by atoms with E-state index in [1.54, 1.807) is 48.5 Å². The molecule has 0 aromatic heterocycles. The SMILES string of the molecule is CC1=C(CCO)NC=C(c2ccccc2)O1.COC(=O)C(Cc1ccc(O)cc1)Nc1ccccc1C(C)=O. The van der Waals surface area contributed by atoms with Gasteiger partial charge in [0.15, 0.2) is 5.78 Å². The number of esters is 1. The van der Waals surface area contributed by atoms with Crippen molar-refractivity contribution in [1.29, 1.82) is 0 Å². The molecular formula is C31H34N2O6. The number of hydrogen-bond acceptors (Lipinski definition) is 8. The second-order valence-corrected chi connectivity index (χ2v) is 8.82. The molecule has 0 spiro atoms. The summed E-state index contributed by atoms with van der Waals surface area (Å²) in [6.07, 6.45) is 2.79. The van der Waals surface area contributed by atoms with E-state index < -0.39 is 12.0 Å². The number of ether oxygens (including phenoxy) is 2. The fourth-order valence-corrected chi connectivity index (χ4v) is 3.92. The molecule has 1 unspecified atom stereocenters. The van der Waals surface area contributed by atoms with Crippen LogP contribution in [0.5, 0.6) is 5.75 Å². The highest BCUT2D eigenvalue weighted by atomic mass is 16.5. The van der Waals surface area contributed by atoms with Crippen LogP contribution in [0.15, 0.2) is 96.5 Å². The monoisotopic (exact) mass is 530 g/mol. The van der Waals surface area contributed by atoms with Gasteiger partial charge in [0.2, 0.25) is 0 Å². The van der Waals surface area contributed by atoms with Crippen LogP contribution < -0.4 is 10.6 Å². The molecule has 0 fully saturated rings. The molecule has 3 aromatic carbocycles. The average molecular weight is 531 g/mol. The summed E-state index contributed by atoms with van der Waals surface area (Å²) in [5.74, 6) is 1.28. The molecular weight excluding hydrogens is 496 g/mol. The number of hydrogen-bond donors (Lipinski definition) is 4. The van der Waals surface area contributed by atoms with Gasteiger partial charge < -0.3 is 30.3 Å². The first kappa shape index (κ1) is 29.0. The number of nitrogens with one attached hydrogen (secondary N) is 2. The summed E-state index contributed by atoms with van der Waals surface area (Å²) in [6, 6.07) is 22.9. The standard InChI is InChI=1S/C18H19NO4.C13H15NO2/c1-12(20)15-5-3-4-6-16(15)19-17(18(22)23-2)11-13-7-9-14(21)10-8-13;1-10-12(7-8-15)14-9-13(16-10)11-5-3-2-4-6-11/h3-10,17,19,21H,11H2,1-2H3;2-6,9,14-15H,7-8H2,1H3. The van der Waals surface area contributed by atoms with Gasteiger partial charge in [-0.25, -0.2) is 4.79 Å². The van der Waals surface area contributed by atoms with Gasteiger partial charge in [0.1, 0.15) is 23.3 Å². The number of anilines is 1. The predicted molar refractivity (Wildman–Crippen MR) is 151 cm³/mol. The summed E-state index contributed by atoms with van der Waals surface area (Å²) < 4.78 is 10.5. The molecule has 3 aromatic rings. The molecule has 1 aliphatic heterocycles. The molecule has 0 saturated heterocycles. The van der Waals surface area contributed by atoms with Crippen molar-refractivity contribution in [3.63, 3.8) is 0 Å². The molecule has 204 valence electrons. The zero-order valence-corrected chi connectivity index (χ0v) is 22.3. The van der Waals surface area contributed by atoms with Gasteiger partial charge in [-0.2, -0.15) is 0 Å². The molecule has 0 saturated carbocycles. The molecule has 4 N–H and O–H groups in total. The van der Waals surface area contributed by atoms with Crippen molar-refractivity contribution in [2.24, 2.45) is 0 Å². The van der Waals surface area contributed by atoms with Gasteiger partial charge in [0, 0.05) is 42.5 Å². The number of phenolic OH excluding ortho intramolecular Hbond substituents is 1. The number of carbonyl (C=O) groups is 2. The zero-order valence-electron chi connectivity index (χ0n) is 22.3. The third kappa shape index (κ3) is 8.48. The van der Waals surface area contributed by atoms with Crippen LogP contribution in [0.3, 0.4) is 0 Å². The second-order valence-electron chi connectivity index (χ2n) is 8.82. The first-order valence-corrected chi connectivity index (χ1v) is 12.5. The second kappa shape index (κ2) is 14.4. The Bertz CT molecular complexity index is 1320. The number of methoxy groups -OCH3 is 1. The topological polar surface area (TPSA) is 117 Å². The smallest absolute Gasteiger partial charge is 0.328 e. The van der Waals surface area contributed by atoms with Crippen LogP contribution in [-0.2, 0) is 20.7 Å². The largest absolute Gasteiger partial charge is 0.508 e. The van der Waals surface area contributed by atoms with Crippen LogP contribution in [0.1, 0.15) is 41.8 Å². The number of benzene rings is 3. The Balaban J connectivity index is 0.000000230.